The lowest BCUT2D eigenvalue weighted by Gasteiger charge is -2.28. The van der Waals surface area contributed by atoms with Gasteiger partial charge in [0.25, 0.3) is 0 Å². The molecule has 5 amide bonds. The molecule has 3 atom stereocenters. The van der Waals surface area contributed by atoms with E-state index in [0.29, 0.717) is 32.4 Å². The molecule has 2 saturated heterocycles. The number of benzene rings is 2. The van der Waals surface area contributed by atoms with E-state index in [-0.39, 0.29) is 36.3 Å². The quantitative estimate of drug-likeness (QED) is 0.195. The van der Waals surface area contributed by atoms with Crippen molar-refractivity contribution in [3.63, 3.8) is 0 Å². The SMILES string of the molecule is COc1ccc2[nH]cc(CCNC(C)=O)c2c1.NC(=O)[C@@H]1CCCN1C(=O)[C@H](Cc1ccc(O)cc1)NC(=O)[C@@H]1CCC(=O)N1. The third-order valence-corrected chi connectivity index (χ3v) is 7.91. The molecule has 3 heterocycles. The first-order valence-corrected chi connectivity index (χ1v) is 14.9. The number of nitrogens with two attached hydrogens (primary N) is 1. The summed E-state index contributed by atoms with van der Waals surface area (Å²) in [4.78, 5) is 64.1. The van der Waals surface area contributed by atoms with Crippen LogP contribution in [0.5, 0.6) is 11.5 Å². The van der Waals surface area contributed by atoms with Gasteiger partial charge in [0.1, 0.15) is 29.6 Å². The number of carbonyl (C=O) groups excluding carboxylic acids is 5. The van der Waals surface area contributed by atoms with Crippen LogP contribution in [0.4, 0.5) is 0 Å². The molecule has 2 fully saturated rings. The fourth-order valence-electron chi connectivity index (χ4n) is 5.54. The lowest BCUT2D eigenvalue weighted by molar-refractivity contribution is -0.140. The summed E-state index contributed by atoms with van der Waals surface area (Å²) in [6.45, 7) is 2.58. The summed E-state index contributed by atoms with van der Waals surface area (Å²) in [5.41, 5.74) is 8.43. The topological polar surface area (TPSA) is 196 Å². The van der Waals surface area contributed by atoms with E-state index >= 15 is 0 Å². The molecule has 2 aliphatic rings. The molecule has 240 valence electrons. The van der Waals surface area contributed by atoms with Gasteiger partial charge in [0.15, 0.2) is 0 Å². The van der Waals surface area contributed by atoms with E-state index in [1.807, 2.05) is 24.4 Å². The zero-order chi connectivity index (χ0) is 32.5. The van der Waals surface area contributed by atoms with Crippen molar-refractivity contribution >= 4 is 40.4 Å². The van der Waals surface area contributed by atoms with Crippen molar-refractivity contribution in [1.29, 1.82) is 0 Å². The van der Waals surface area contributed by atoms with E-state index in [1.54, 1.807) is 19.2 Å². The monoisotopic (exact) mass is 620 g/mol. The Kier molecular flexibility index (Phi) is 11.0. The fraction of sp³-hybridized carbons (Fsp3) is 0.406. The zero-order valence-electron chi connectivity index (χ0n) is 25.4. The van der Waals surface area contributed by atoms with Gasteiger partial charge < -0.3 is 41.4 Å². The number of rotatable bonds is 10. The van der Waals surface area contributed by atoms with Gasteiger partial charge in [-0.2, -0.15) is 0 Å². The Labute approximate surface area is 260 Å². The van der Waals surface area contributed by atoms with Crippen molar-refractivity contribution in [2.24, 2.45) is 5.73 Å². The molecule has 0 bridgehead atoms. The number of nitrogens with one attached hydrogen (secondary N) is 4. The predicted octanol–water partition coefficient (Wildman–Crippen LogP) is 1.03. The molecular formula is C32H40N6O7. The number of hydrogen-bond acceptors (Lipinski definition) is 7. The molecule has 2 aliphatic heterocycles. The van der Waals surface area contributed by atoms with Crippen molar-refractivity contribution < 1.29 is 33.8 Å². The summed E-state index contributed by atoms with van der Waals surface area (Å²) >= 11 is 0. The van der Waals surface area contributed by atoms with Crippen LogP contribution in [0.25, 0.3) is 10.9 Å². The van der Waals surface area contributed by atoms with Crippen LogP contribution in [0, 0.1) is 0 Å². The highest BCUT2D eigenvalue weighted by molar-refractivity contribution is 5.95. The Balaban J connectivity index is 0.000000231. The van der Waals surface area contributed by atoms with Crippen LogP contribution >= 0.6 is 0 Å². The number of H-pyrrole nitrogens is 1. The zero-order valence-corrected chi connectivity index (χ0v) is 25.4. The summed E-state index contributed by atoms with van der Waals surface area (Å²) in [7, 11) is 1.66. The van der Waals surface area contributed by atoms with Crippen molar-refractivity contribution in [3.05, 3.63) is 59.8 Å². The molecule has 1 aromatic heterocycles. The number of hydrogen-bond donors (Lipinski definition) is 6. The summed E-state index contributed by atoms with van der Waals surface area (Å²) < 4.78 is 5.21. The van der Waals surface area contributed by atoms with E-state index in [2.05, 4.69) is 20.9 Å². The number of aromatic hydroxyl groups is 1. The first kappa shape index (κ1) is 32.8. The first-order valence-electron chi connectivity index (χ1n) is 14.9. The smallest absolute Gasteiger partial charge is 0.246 e. The minimum atomic E-state index is -0.908. The molecule has 0 radical (unpaired) electrons. The highest BCUT2D eigenvalue weighted by Crippen LogP contribution is 2.24. The van der Waals surface area contributed by atoms with Crippen LogP contribution in [0.2, 0.25) is 0 Å². The molecule has 0 spiro atoms. The van der Waals surface area contributed by atoms with Gasteiger partial charge in [0, 0.05) is 50.0 Å². The van der Waals surface area contributed by atoms with Gasteiger partial charge >= 0.3 is 0 Å². The second kappa shape index (κ2) is 15.1. The minimum absolute atomic E-state index is 0.00224. The number of carbonyl (C=O) groups is 5. The second-order valence-electron chi connectivity index (χ2n) is 11.1. The molecule has 0 saturated carbocycles. The summed E-state index contributed by atoms with van der Waals surface area (Å²) in [5, 5.41) is 18.7. The van der Waals surface area contributed by atoms with Gasteiger partial charge in [-0.05, 0) is 67.1 Å². The number of phenolic OH excluding ortho intramolecular Hbond substituents is 1. The molecule has 2 aromatic carbocycles. The van der Waals surface area contributed by atoms with Crippen molar-refractivity contribution in [2.45, 2.75) is 63.6 Å². The van der Waals surface area contributed by atoms with Crippen LogP contribution in [0.1, 0.15) is 43.7 Å². The maximum atomic E-state index is 13.1. The fourth-order valence-corrected chi connectivity index (χ4v) is 5.54. The number of likely N-dealkylation sites (tertiary alicyclic amines) is 1. The standard InChI is InChI=1S/C19H24N4O5.C13H16N2O2/c20-17(26)15-2-1-9-23(15)19(28)14(10-11-3-5-12(24)6-4-11)22-18(27)13-7-8-16(25)21-13;1-9(16)14-6-5-10-8-15-13-4-3-11(17-2)7-12(10)13/h3-6,13-15,24H,1-2,7-10H2,(H2,20,26)(H,21,25)(H,22,27);3-4,7-8,15H,5-6H2,1-2H3,(H,14,16)/t13-,14-,15-;/m0./s1. The van der Waals surface area contributed by atoms with Crippen LogP contribution in [0.15, 0.2) is 48.7 Å². The van der Waals surface area contributed by atoms with Gasteiger partial charge in [-0.3, -0.25) is 24.0 Å². The lowest BCUT2D eigenvalue weighted by Crippen LogP contribution is -2.56. The maximum absolute atomic E-state index is 13.1. The second-order valence-corrected chi connectivity index (χ2v) is 11.1. The Morgan fingerprint density at radius 1 is 1.13 bits per heavy atom. The lowest BCUT2D eigenvalue weighted by atomic mass is 10.0. The first-order chi connectivity index (χ1) is 21.5. The molecule has 13 heteroatoms. The van der Waals surface area contributed by atoms with E-state index < -0.39 is 29.9 Å². The summed E-state index contributed by atoms with van der Waals surface area (Å²) in [6.07, 6.45) is 4.78. The Morgan fingerprint density at radius 2 is 1.89 bits per heavy atom. The van der Waals surface area contributed by atoms with Gasteiger partial charge in [-0.1, -0.05) is 12.1 Å². The summed E-state index contributed by atoms with van der Waals surface area (Å²) in [6, 6.07) is 9.99. The van der Waals surface area contributed by atoms with Crippen molar-refractivity contribution in [2.75, 3.05) is 20.2 Å². The van der Waals surface area contributed by atoms with Gasteiger partial charge in [0.2, 0.25) is 29.5 Å². The molecular weight excluding hydrogens is 580 g/mol. The van der Waals surface area contributed by atoms with E-state index in [1.165, 1.54) is 29.5 Å². The van der Waals surface area contributed by atoms with E-state index in [9.17, 15) is 29.1 Å². The van der Waals surface area contributed by atoms with Crippen LogP contribution in [0.3, 0.4) is 0 Å². The highest BCUT2D eigenvalue weighted by atomic mass is 16.5. The molecule has 5 rings (SSSR count). The number of primary amides is 1. The largest absolute Gasteiger partial charge is 0.508 e. The Morgan fingerprint density at radius 3 is 2.53 bits per heavy atom. The van der Waals surface area contributed by atoms with E-state index in [0.717, 1.165) is 28.6 Å². The van der Waals surface area contributed by atoms with Gasteiger partial charge in [-0.25, -0.2) is 0 Å². The molecule has 7 N–H and O–H groups in total. The van der Waals surface area contributed by atoms with E-state index in [4.69, 9.17) is 10.5 Å². The van der Waals surface area contributed by atoms with Gasteiger partial charge in [0.05, 0.1) is 7.11 Å². The number of phenols is 1. The Bertz CT molecular complexity index is 1540. The number of methoxy groups -OCH3 is 1. The number of aromatic nitrogens is 1. The van der Waals surface area contributed by atoms with Crippen molar-refractivity contribution in [1.82, 2.24) is 25.8 Å². The maximum Gasteiger partial charge on any atom is 0.246 e. The number of fused-ring (bicyclic) bond motifs is 1. The number of aromatic amines is 1. The molecule has 45 heavy (non-hydrogen) atoms. The Hall–Kier alpha value is -5.07. The molecule has 0 aliphatic carbocycles. The van der Waals surface area contributed by atoms with Gasteiger partial charge in [-0.15, -0.1) is 0 Å². The number of amides is 5. The number of ether oxygens (including phenoxy) is 1. The van der Waals surface area contributed by atoms with Crippen LogP contribution in [-0.4, -0.2) is 82.9 Å². The third kappa shape index (κ3) is 8.74. The highest BCUT2D eigenvalue weighted by Gasteiger charge is 2.38. The van der Waals surface area contributed by atoms with Crippen LogP contribution < -0.4 is 26.4 Å². The average Bonchev–Trinajstić information content (AvgIpc) is 3.78. The van der Waals surface area contributed by atoms with Crippen LogP contribution in [-0.2, 0) is 36.8 Å². The van der Waals surface area contributed by atoms with Crippen molar-refractivity contribution in [3.8, 4) is 11.5 Å². The average molecular weight is 621 g/mol. The number of nitrogens with zero attached hydrogens (tertiary/aromatic N) is 1. The molecule has 0 unspecified atom stereocenters. The normalized spacial score (nSPS) is 18.0. The third-order valence-electron chi connectivity index (χ3n) is 7.91. The molecule has 13 nitrogen and oxygen atoms in total. The minimum Gasteiger partial charge on any atom is -0.508 e. The predicted molar refractivity (Wildman–Crippen MR) is 166 cm³/mol. The molecule has 3 aromatic rings. The summed E-state index contributed by atoms with van der Waals surface area (Å²) in [5.74, 6) is -0.638.